The molecule has 0 saturated heterocycles. The number of hydrogen-bond donors (Lipinski definition) is 0. The molecule has 0 saturated carbocycles. The SMILES string of the molecule is CCOC(=O)C(CC(=O)OC(C)(C)C)(c1ccccc1)c1ccccc1. The molecule has 2 rings (SSSR count). The van der Waals surface area contributed by atoms with E-state index in [2.05, 4.69) is 0 Å². The Morgan fingerprint density at radius 3 is 1.69 bits per heavy atom. The van der Waals surface area contributed by atoms with E-state index in [1.165, 1.54) is 0 Å². The van der Waals surface area contributed by atoms with E-state index in [9.17, 15) is 9.59 Å². The van der Waals surface area contributed by atoms with Gasteiger partial charge in [-0.15, -0.1) is 0 Å². The largest absolute Gasteiger partial charge is 0.465 e. The lowest BCUT2D eigenvalue weighted by molar-refractivity contribution is -0.161. The quantitative estimate of drug-likeness (QED) is 0.727. The van der Waals surface area contributed by atoms with E-state index in [0.29, 0.717) is 11.1 Å². The summed E-state index contributed by atoms with van der Waals surface area (Å²) in [6, 6.07) is 18.5. The molecule has 0 aliphatic rings. The monoisotopic (exact) mass is 354 g/mol. The summed E-state index contributed by atoms with van der Waals surface area (Å²) >= 11 is 0. The minimum absolute atomic E-state index is 0.128. The summed E-state index contributed by atoms with van der Waals surface area (Å²) < 4.78 is 10.9. The standard InChI is InChI=1S/C22H26O4/c1-5-25-20(24)22(17-12-8-6-9-13-17,18-14-10-7-11-15-18)16-19(23)26-21(2,3)4/h6-15H,5,16H2,1-4H3. The first kappa shape index (κ1) is 19.7. The van der Waals surface area contributed by atoms with E-state index in [1.54, 1.807) is 6.92 Å². The Hall–Kier alpha value is -2.62. The Balaban J connectivity index is 2.61. The molecule has 0 aliphatic heterocycles. The fourth-order valence-corrected chi connectivity index (χ4v) is 2.97. The molecule has 0 aromatic heterocycles. The third kappa shape index (κ3) is 4.51. The zero-order chi connectivity index (χ0) is 19.2. The number of esters is 2. The van der Waals surface area contributed by atoms with Gasteiger partial charge in [0.25, 0.3) is 0 Å². The molecule has 0 amide bonds. The molecule has 26 heavy (non-hydrogen) atoms. The van der Waals surface area contributed by atoms with Crippen molar-refractivity contribution in [2.75, 3.05) is 6.61 Å². The van der Waals surface area contributed by atoms with Gasteiger partial charge in [-0.3, -0.25) is 9.59 Å². The van der Waals surface area contributed by atoms with Crippen molar-refractivity contribution in [3.63, 3.8) is 0 Å². The first-order chi connectivity index (χ1) is 12.3. The minimum Gasteiger partial charge on any atom is -0.465 e. The first-order valence-corrected chi connectivity index (χ1v) is 8.79. The molecule has 0 aliphatic carbocycles. The lowest BCUT2D eigenvalue weighted by atomic mass is 9.72. The Labute approximate surface area is 155 Å². The number of hydrogen-bond acceptors (Lipinski definition) is 4. The maximum atomic E-state index is 13.1. The molecule has 0 spiro atoms. The smallest absolute Gasteiger partial charge is 0.321 e. The van der Waals surface area contributed by atoms with Gasteiger partial charge in [-0.25, -0.2) is 0 Å². The van der Waals surface area contributed by atoms with Crippen LogP contribution in [0.5, 0.6) is 0 Å². The maximum Gasteiger partial charge on any atom is 0.321 e. The van der Waals surface area contributed by atoms with Gasteiger partial charge >= 0.3 is 11.9 Å². The van der Waals surface area contributed by atoms with Crippen LogP contribution in [0.4, 0.5) is 0 Å². The lowest BCUT2D eigenvalue weighted by Gasteiger charge is -2.33. The predicted molar refractivity (Wildman–Crippen MR) is 101 cm³/mol. The minimum atomic E-state index is -1.25. The molecule has 4 heteroatoms. The molecule has 0 unspecified atom stereocenters. The van der Waals surface area contributed by atoms with Gasteiger partial charge in [0.15, 0.2) is 0 Å². The van der Waals surface area contributed by atoms with Crippen LogP contribution in [0.2, 0.25) is 0 Å². The van der Waals surface area contributed by atoms with Crippen molar-refractivity contribution in [3.8, 4) is 0 Å². The molecule has 0 radical (unpaired) electrons. The summed E-state index contributed by atoms with van der Waals surface area (Å²) in [5, 5.41) is 0. The van der Waals surface area contributed by atoms with E-state index < -0.39 is 23.0 Å². The number of benzene rings is 2. The molecular formula is C22H26O4. The summed E-state index contributed by atoms with van der Waals surface area (Å²) in [5.41, 5.74) is -0.475. The third-order valence-corrected chi connectivity index (χ3v) is 3.99. The number of carbonyl (C=O) groups excluding carboxylic acids is 2. The number of carbonyl (C=O) groups is 2. The maximum absolute atomic E-state index is 13.1. The lowest BCUT2D eigenvalue weighted by Crippen LogP contribution is -2.42. The summed E-state index contributed by atoms with van der Waals surface area (Å²) in [6.45, 7) is 7.41. The highest BCUT2D eigenvalue weighted by molar-refractivity contribution is 5.92. The molecule has 2 aromatic rings. The highest BCUT2D eigenvalue weighted by Crippen LogP contribution is 2.38. The molecule has 0 atom stereocenters. The molecule has 0 fully saturated rings. The van der Waals surface area contributed by atoms with Gasteiger partial charge < -0.3 is 9.47 Å². The number of ether oxygens (including phenoxy) is 2. The van der Waals surface area contributed by atoms with Crippen molar-refractivity contribution in [2.24, 2.45) is 0 Å². The first-order valence-electron chi connectivity index (χ1n) is 8.79. The van der Waals surface area contributed by atoms with Crippen molar-refractivity contribution in [1.82, 2.24) is 0 Å². The Morgan fingerprint density at radius 1 is 0.846 bits per heavy atom. The summed E-state index contributed by atoms with van der Waals surface area (Å²) in [6.07, 6.45) is -0.128. The van der Waals surface area contributed by atoms with E-state index in [-0.39, 0.29) is 13.0 Å². The van der Waals surface area contributed by atoms with E-state index >= 15 is 0 Å². The Morgan fingerprint density at radius 2 is 1.31 bits per heavy atom. The zero-order valence-corrected chi connectivity index (χ0v) is 15.8. The van der Waals surface area contributed by atoms with Crippen LogP contribution in [-0.2, 0) is 24.5 Å². The average molecular weight is 354 g/mol. The van der Waals surface area contributed by atoms with Crippen LogP contribution < -0.4 is 0 Å². The highest BCUT2D eigenvalue weighted by atomic mass is 16.6. The third-order valence-electron chi connectivity index (χ3n) is 3.99. The van der Waals surface area contributed by atoms with E-state index in [1.807, 2.05) is 81.4 Å². The average Bonchev–Trinajstić information content (AvgIpc) is 2.60. The van der Waals surface area contributed by atoms with Crippen LogP contribution in [0.15, 0.2) is 60.7 Å². The zero-order valence-electron chi connectivity index (χ0n) is 15.8. The van der Waals surface area contributed by atoms with Crippen molar-refractivity contribution < 1.29 is 19.1 Å². The van der Waals surface area contributed by atoms with Gasteiger partial charge in [-0.05, 0) is 38.8 Å². The van der Waals surface area contributed by atoms with Crippen molar-refractivity contribution in [2.45, 2.75) is 45.1 Å². The Bertz CT molecular complexity index is 690. The molecule has 0 heterocycles. The summed E-state index contributed by atoms with van der Waals surface area (Å²) in [7, 11) is 0. The van der Waals surface area contributed by atoms with Crippen LogP contribution in [0, 0.1) is 0 Å². The topological polar surface area (TPSA) is 52.6 Å². The second-order valence-electron chi connectivity index (χ2n) is 7.12. The second kappa shape index (κ2) is 8.17. The molecule has 2 aromatic carbocycles. The predicted octanol–water partition coefficient (Wildman–Crippen LogP) is 4.27. The van der Waals surface area contributed by atoms with Gasteiger partial charge in [0.2, 0.25) is 0 Å². The van der Waals surface area contributed by atoms with Gasteiger partial charge in [0.1, 0.15) is 11.0 Å². The van der Waals surface area contributed by atoms with Gasteiger partial charge in [-0.2, -0.15) is 0 Å². The number of rotatable bonds is 6. The molecule has 0 N–H and O–H groups in total. The van der Waals surface area contributed by atoms with Gasteiger partial charge in [0.05, 0.1) is 13.0 Å². The van der Waals surface area contributed by atoms with Crippen LogP contribution in [0.3, 0.4) is 0 Å². The van der Waals surface area contributed by atoms with Crippen LogP contribution in [-0.4, -0.2) is 24.1 Å². The summed E-state index contributed by atoms with van der Waals surface area (Å²) in [4.78, 5) is 25.8. The van der Waals surface area contributed by atoms with Crippen molar-refractivity contribution in [3.05, 3.63) is 71.8 Å². The summed E-state index contributed by atoms with van der Waals surface area (Å²) in [5.74, 6) is -0.901. The van der Waals surface area contributed by atoms with Crippen molar-refractivity contribution in [1.29, 1.82) is 0 Å². The molecule has 138 valence electrons. The molecule has 0 bridgehead atoms. The fraction of sp³-hybridized carbons (Fsp3) is 0.364. The van der Waals surface area contributed by atoms with Crippen LogP contribution >= 0.6 is 0 Å². The Kier molecular flexibility index (Phi) is 6.19. The highest BCUT2D eigenvalue weighted by Gasteiger charge is 2.46. The van der Waals surface area contributed by atoms with Gasteiger partial charge in [-0.1, -0.05) is 60.7 Å². The van der Waals surface area contributed by atoms with Gasteiger partial charge in [0, 0.05) is 0 Å². The second-order valence-corrected chi connectivity index (χ2v) is 7.12. The normalized spacial score (nSPS) is 11.7. The van der Waals surface area contributed by atoms with E-state index in [0.717, 1.165) is 0 Å². The molecular weight excluding hydrogens is 328 g/mol. The van der Waals surface area contributed by atoms with Crippen LogP contribution in [0.25, 0.3) is 0 Å². The van der Waals surface area contributed by atoms with Crippen LogP contribution in [0.1, 0.15) is 45.2 Å². The van der Waals surface area contributed by atoms with E-state index in [4.69, 9.17) is 9.47 Å². The fourth-order valence-electron chi connectivity index (χ4n) is 2.97. The molecule has 4 nitrogen and oxygen atoms in total. The van der Waals surface area contributed by atoms with Crippen molar-refractivity contribution >= 4 is 11.9 Å².